The first-order chi connectivity index (χ1) is 11.6. The van der Waals surface area contributed by atoms with Crippen LogP contribution in [-0.2, 0) is 6.54 Å². The maximum absolute atomic E-state index is 12.3. The second-order valence-electron chi connectivity index (χ2n) is 5.70. The molecule has 0 unspecified atom stereocenters. The van der Waals surface area contributed by atoms with Gasteiger partial charge in [0.2, 0.25) is 0 Å². The number of carbonyl (C=O) groups excluding carboxylic acids is 1. The zero-order valence-corrected chi connectivity index (χ0v) is 14.7. The van der Waals surface area contributed by atoms with Crippen molar-refractivity contribution in [3.63, 3.8) is 0 Å². The van der Waals surface area contributed by atoms with Gasteiger partial charge in [-0.25, -0.2) is 4.79 Å². The predicted molar refractivity (Wildman–Crippen MR) is 98.9 cm³/mol. The first-order valence-electron chi connectivity index (χ1n) is 7.90. The fourth-order valence-electron chi connectivity index (χ4n) is 2.75. The number of hydrogen-bond acceptors (Lipinski definition) is 2. The highest BCUT2D eigenvalue weighted by molar-refractivity contribution is 6.35. The summed E-state index contributed by atoms with van der Waals surface area (Å²) in [4.78, 5) is 16.4. The number of anilines is 1. The van der Waals surface area contributed by atoms with E-state index in [2.05, 4.69) is 22.3 Å². The van der Waals surface area contributed by atoms with E-state index in [1.54, 1.807) is 12.1 Å². The molecule has 0 radical (unpaired) electrons. The van der Waals surface area contributed by atoms with Crippen molar-refractivity contribution in [1.82, 2.24) is 10.2 Å². The maximum atomic E-state index is 12.3. The van der Waals surface area contributed by atoms with Crippen LogP contribution in [0.25, 0.3) is 0 Å². The number of hydrogen-bond donors (Lipinski definition) is 1. The molecule has 0 aromatic heterocycles. The molecule has 0 atom stereocenters. The van der Waals surface area contributed by atoms with E-state index >= 15 is 0 Å². The topological polar surface area (TPSA) is 35.6 Å². The van der Waals surface area contributed by atoms with Gasteiger partial charge in [-0.05, 0) is 29.8 Å². The summed E-state index contributed by atoms with van der Waals surface area (Å²) < 4.78 is 0. The number of nitrogens with zero attached hydrogens (tertiary/aromatic N) is 2. The van der Waals surface area contributed by atoms with E-state index in [0.717, 1.165) is 18.7 Å². The SMILES string of the molecule is O=C(NCc1ccc(Cl)cc1Cl)N1CCN(c2ccccc2)CC1. The number of piperazine rings is 1. The Hall–Kier alpha value is -1.91. The zero-order chi connectivity index (χ0) is 16.9. The molecule has 0 spiro atoms. The molecular formula is C18H19Cl2N3O. The highest BCUT2D eigenvalue weighted by Crippen LogP contribution is 2.21. The van der Waals surface area contributed by atoms with Crippen LogP contribution in [0.1, 0.15) is 5.56 Å². The Bertz CT molecular complexity index is 701. The fourth-order valence-corrected chi connectivity index (χ4v) is 3.23. The van der Waals surface area contributed by atoms with Crippen molar-refractivity contribution in [1.29, 1.82) is 0 Å². The molecule has 1 fully saturated rings. The van der Waals surface area contributed by atoms with Crippen LogP contribution in [0.4, 0.5) is 10.5 Å². The average Bonchev–Trinajstić information content (AvgIpc) is 2.62. The summed E-state index contributed by atoms with van der Waals surface area (Å²) >= 11 is 12.0. The van der Waals surface area contributed by atoms with Gasteiger partial charge < -0.3 is 15.1 Å². The van der Waals surface area contributed by atoms with E-state index in [1.165, 1.54) is 5.69 Å². The lowest BCUT2D eigenvalue weighted by Gasteiger charge is -2.36. The standard InChI is InChI=1S/C18H19Cl2N3O/c19-15-7-6-14(17(20)12-15)13-21-18(24)23-10-8-22(9-11-23)16-4-2-1-3-5-16/h1-7,12H,8-11,13H2,(H,21,24). The van der Waals surface area contributed by atoms with Crippen LogP contribution in [0.3, 0.4) is 0 Å². The summed E-state index contributed by atoms with van der Waals surface area (Å²) in [6.07, 6.45) is 0. The monoisotopic (exact) mass is 363 g/mol. The van der Waals surface area contributed by atoms with Crippen molar-refractivity contribution in [2.24, 2.45) is 0 Å². The molecular weight excluding hydrogens is 345 g/mol. The number of para-hydroxylation sites is 1. The lowest BCUT2D eigenvalue weighted by molar-refractivity contribution is 0.194. The molecule has 2 amide bonds. The summed E-state index contributed by atoms with van der Waals surface area (Å²) in [5, 5.41) is 4.08. The van der Waals surface area contributed by atoms with Crippen LogP contribution >= 0.6 is 23.2 Å². The van der Waals surface area contributed by atoms with Crippen molar-refractivity contribution < 1.29 is 4.79 Å². The normalized spacial score (nSPS) is 14.6. The van der Waals surface area contributed by atoms with Gasteiger partial charge in [-0.2, -0.15) is 0 Å². The van der Waals surface area contributed by atoms with Crippen LogP contribution in [0.15, 0.2) is 48.5 Å². The van der Waals surface area contributed by atoms with Gasteiger partial charge in [0.15, 0.2) is 0 Å². The van der Waals surface area contributed by atoms with Crippen LogP contribution < -0.4 is 10.2 Å². The van der Waals surface area contributed by atoms with Crippen LogP contribution in [0, 0.1) is 0 Å². The molecule has 2 aromatic rings. The van der Waals surface area contributed by atoms with Gasteiger partial charge in [0.05, 0.1) is 0 Å². The fraction of sp³-hybridized carbons (Fsp3) is 0.278. The molecule has 1 aliphatic heterocycles. The Morgan fingerprint density at radius 3 is 2.38 bits per heavy atom. The number of urea groups is 1. The Balaban J connectivity index is 1.50. The summed E-state index contributed by atoms with van der Waals surface area (Å²) in [6, 6.07) is 15.5. The Labute approximate surface area is 152 Å². The van der Waals surface area contributed by atoms with Crippen LogP contribution in [0.5, 0.6) is 0 Å². The zero-order valence-electron chi connectivity index (χ0n) is 13.2. The third kappa shape index (κ3) is 4.13. The largest absolute Gasteiger partial charge is 0.368 e. The summed E-state index contributed by atoms with van der Waals surface area (Å²) in [5.41, 5.74) is 2.06. The van der Waals surface area contributed by atoms with Gasteiger partial charge in [-0.1, -0.05) is 47.5 Å². The maximum Gasteiger partial charge on any atom is 0.317 e. The Kier molecular flexibility index (Phi) is 5.48. The lowest BCUT2D eigenvalue weighted by Crippen LogP contribution is -2.51. The molecule has 126 valence electrons. The van der Waals surface area contributed by atoms with Crippen molar-refractivity contribution in [2.45, 2.75) is 6.54 Å². The van der Waals surface area contributed by atoms with E-state index < -0.39 is 0 Å². The van der Waals surface area contributed by atoms with E-state index in [4.69, 9.17) is 23.2 Å². The number of carbonyl (C=O) groups is 1. The third-order valence-corrected chi connectivity index (χ3v) is 4.72. The quantitative estimate of drug-likeness (QED) is 0.893. The Morgan fingerprint density at radius 2 is 1.71 bits per heavy atom. The van der Waals surface area contributed by atoms with Crippen molar-refractivity contribution in [3.05, 3.63) is 64.1 Å². The number of rotatable bonds is 3. The second kappa shape index (κ2) is 7.77. The van der Waals surface area contributed by atoms with E-state index in [-0.39, 0.29) is 6.03 Å². The van der Waals surface area contributed by atoms with E-state index in [0.29, 0.717) is 29.7 Å². The highest BCUT2D eigenvalue weighted by atomic mass is 35.5. The molecule has 0 aliphatic carbocycles. The number of halogens is 2. The van der Waals surface area contributed by atoms with Crippen LogP contribution in [-0.4, -0.2) is 37.1 Å². The summed E-state index contributed by atoms with van der Waals surface area (Å²) in [5.74, 6) is 0. The number of amides is 2. The average molecular weight is 364 g/mol. The second-order valence-corrected chi connectivity index (χ2v) is 6.55. The predicted octanol–water partition coefficient (Wildman–Crippen LogP) is 4.03. The molecule has 6 heteroatoms. The van der Waals surface area contributed by atoms with E-state index in [9.17, 15) is 4.79 Å². The van der Waals surface area contributed by atoms with Gasteiger partial charge in [-0.3, -0.25) is 0 Å². The summed E-state index contributed by atoms with van der Waals surface area (Å²) in [7, 11) is 0. The van der Waals surface area contributed by atoms with Crippen molar-refractivity contribution >= 4 is 34.9 Å². The molecule has 0 saturated carbocycles. The molecule has 1 aliphatic rings. The van der Waals surface area contributed by atoms with Gasteiger partial charge in [0.25, 0.3) is 0 Å². The molecule has 3 rings (SSSR count). The Morgan fingerprint density at radius 1 is 1.00 bits per heavy atom. The minimum Gasteiger partial charge on any atom is -0.368 e. The first kappa shape index (κ1) is 16.9. The minimum atomic E-state index is -0.0614. The highest BCUT2D eigenvalue weighted by Gasteiger charge is 2.21. The molecule has 24 heavy (non-hydrogen) atoms. The first-order valence-corrected chi connectivity index (χ1v) is 8.66. The molecule has 2 aromatic carbocycles. The van der Waals surface area contributed by atoms with Gasteiger partial charge in [0, 0.05) is 48.5 Å². The minimum absolute atomic E-state index is 0.0614. The smallest absolute Gasteiger partial charge is 0.317 e. The molecule has 0 bridgehead atoms. The molecule has 1 N–H and O–H groups in total. The molecule has 1 saturated heterocycles. The van der Waals surface area contributed by atoms with Gasteiger partial charge in [0.1, 0.15) is 0 Å². The van der Waals surface area contributed by atoms with Gasteiger partial charge in [-0.15, -0.1) is 0 Å². The van der Waals surface area contributed by atoms with Crippen molar-refractivity contribution in [3.8, 4) is 0 Å². The number of nitrogens with one attached hydrogen (secondary N) is 1. The van der Waals surface area contributed by atoms with E-state index in [1.807, 2.05) is 29.2 Å². The summed E-state index contributed by atoms with van der Waals surface area (Å²) in [6.45, 7) is 3.47. The van der Waals surface area contributed by atoms with Crippen molar-refractivity contribution in [2.75, 3.05) is 31.1 Å². The molecule has 1 heterocycles. The third-order valence-electron chi connectivity index (χ3n) is 4.13. The lowest BCUT2D eigenvalue weighted by atomic mass is 10.2. The molecule has 4 nitrogen and oxygen atoms in total. The van der Waals surface area contributed by atoms with Gasteiger partial charge >= 0.3 is 6.03 Å². The van der Waals surface area contributed by atoms with Crippen LogP contribution in [0.2, 0.25) is 10.0 Å². The number of benzene rings is 2.